The van der Waals surface area contributed by atoms with E-state index in [9.17, 15) is 9.50 Å². The second-order valence-corrected chi connectivity index (χ2v) is 6.63. The first-order valence-electron chi connectivity index (χ1n) is 7.58. The minimum atomic E-state index is -0.393. The number of halogens is 1. The van der Waals surface area contributed by atoms with E-state index in [2.05, 4.69) is 23.4 Å². The van der Waals surface area contributed by atoms with Gasteiger partial charge in [-0.15, -0.1) is 11.3 Å². The molecule has 0 spiro atoms. The standard InChI is InChI=1S/C19H15FN2OS/c1-12-7-18(24-11-12)17-9-22-8-13(5-6-19(22)21-17)14-3-2-4-16(20)15(14)10-23/h2-9,11,23H,10H2,1H3. The molecule has 0 bridgehead atoms. The van der Waals surface area contributed by atoms with Crippen molar-refractivity contribution < 1.29 is 9.50 Å². The van der Waals surface area contributed by atoms with Crippen LogP contribution >= 0.6 is 11.3 Å². The van der Waals surface area contributed by atoms with E-state index in [1.54, 1.807) is 17.4 Å². The first-order chi connectivity index (χ1) is 11.7. The van der Waals surface area contributed by atoms with Gasteiger partial charge in [0, 0.05) is 18.0 Å². The lowest BCUT2D eigenvalue weighted by molar-refractivity contribution is 0.276. The first-order valence-corrected chi connectivity index (χ1v) is 8.46. The minimum absolute atomic E-state index is 0.311. The van der Waals surface area contributed by atoms with Crippen LogP contribution in [0.15, 0.2) is 54.2 Å². The maximum Gasteiger partial charge on any atom is 0.137 e. The number of aliphatic hydroxyl groups excluding tert-OH is 1. The zero-order valence-electron chi connectivity index (χ0n) is 13.0. The molecular formula is C19H15FN2OS. The predicted molar refractivity (Wildman–Crippen MR) is 94.6 cm³/mol. The van der Waals surface area contributed by atoms with E-state index in [-0.39, 0.29) is 6.61 Å². The van der Waals surface area contributed by atoms with E-state index in [0.717, 1.165) is 21.8 Å². The molecule has 0 saturated carbocycles. The van der Waals surface area contributed by atoms with Gasteiger partial charge in [-0.2, -0.15) is 0 Å². The highest BCUT2D eigenvalue weighted by atomic mass is 32.1. The van der Waals surface area contributed by atoms with E-state index in [1.165, 1.54) is 11.6 Å². The molecule has 0 aliphatic carbocycles. The van der Waals surface area contributed by atoms with Crippen LogP contribution in [0.1, 0.15) is 11.1 Å². The Morgan fingerprint density at radius 3 is 2.83 bits per heavy atom. The SMILES string of the molecule is Cc1csc(-c2cn3cc(-c4cccc(F)c4CO)ccc3n2)c1. The van der Waals surface area contributed by atoms with Gasteiger partial charge in [0.25, 0.3) is 0 Å². The van der Waals surface area contributed by atoms with E-state index in [1.807, 2.05) is 35.0 Å². The average Bonchev–Trinajstić information content (AvgIpc) is 3.19. The number of aromatic nitrogens is 2. The summed E-state index contributed by atoms with van der Waals surface area (Å²) in [5, 5.41) is 11.6. The van der Waals surface area contributed by atoms with Crippen molar-refractivity contribution >= 4 is 17.0 Å². The Balaban J connectivity index is 1.83. The Kier molecular flexibility index (Phi) is 3.67. The molecule has 0 radical (unpaired) electrons. The Morgan fingerprint density at radius 2 is 2.08 bits per heavy atom. The summed E-state index contributed by atoms with van der Waals surface area (Å²) in [6, 6.07) is 10.8. The number of fused-ring (bicyclic) bond motifs is 1. The van der Waals surface area contributed by atoms with Gasteiger partial charge in [0.05, 0.1) is 17.2 Å². The highest BCUT2D eigenvalue weighted by molar-refractivity contribution is 7.13. The maximum absolute atomic E-state index is 13.9. The van der Waals surface area contributed by atoms with Crippen LogP contribution in [-0.4, -0.2) is 14.5 Å². The molecule has 0 aliphatic rings. The van der Waals surface area contributed by atoms with Crippen molar-refractivity contribution in [2.45, 2.75) is 13.5 Å². The van der Waals surface area contributed by atoms with Gasteiger partial charge in [0.1, 0.15) is 11.5 Å². The monoisotopic (exact) mass is 338 g/mol. The van der Waals surface area contributed by atoms with Crippen LogP contribution < -0.4 is 0 Å². The van der Waals surface area contributed by atoms with Gasteiger partial charge in [0.2, 0.25) is 0 Å². The number of thiophene rings is 1. The number of aliphatic hydroxyl groups is 1. The third kappa shape index (κ3) is 2.52. The number of aryl methyl sites for hydroxylation is 1. The number of hydrogen-bond donors (Lipinski definition) is 1. The van der Waals surface area contributed by atoms with Crippen LogP contribution in [0.3, 0.4) is 0 Å². The van der Waals surface area contributed by atoms with Gasteiger partial charge in [-0.3, -0.25) is 0 Å². The third-order valence-electron chi connectivity index (χ3n) is 4.02. The average molecular weight is 338 g/mol. The predicted octanol–water partition coefficient (Wildman–Crippen LogP) is 4.67. The number of benzene rings is 1. The van der Waals surface area contributed by atoms with Crippen molar-refractivity contribution in [3.8, 4) is 21.7 Å². The summed E-state index contributed by atoms with van der Waals surface area (Å²) in [4.78, 5) is 5.77. The molecule has 0 unspecified atom stereocenters. The minimum Gasteiger partial charge on any atom is -0.392 e. The lowest BCUT2D eigenvalue weighted by Crippen LogP contribution is -1.95. The molecule has 0 aliphatic heterocycles. The number of rotatable bonds is 3. The second kappa shape index (κ2) is 5.85. The second-order valence-electron chi connectivity index (χ2n) is 5.72. The van der Waals surface area contributed by atoms with Gasteiger partial charge < -0.3 is 9.51 Å². The van der Waals surface area contributed by atoms with Crippen LogP contribution in [0.2, 0.25) is 0 Å². The van der Waals surface area contributed by atoms with Gasteiger partial charge in [-0.1, -0.05) is 12.1 Å². The molecule has 0 amide bonds. The Morgan fingerprint density at radius 1 is 1.21 bits per heavy atom. The molecule has 3 nitrogen and oxygen atoms in total. The summed E-state index contributed by atoms with van der Waals surface area (Å²) < 4.78 is 15.8. The van der Waals surface area contributed by atoms with Crippen molar-refractivity contribution in [1.29, 1.82) is 0 Å². The van der Waals surface area contributed by atoms with E-state index >= 15 is 0 Å². The number of pyridine rings is 1. The Hall–Kier alpha value is -2.50. The normalized spacial score (nSPS) is 11.3. The number of hydrogen-bond acceptors (Lipinski definition) is 3. The zero-order chi connectivity index (χ0) is 16.7. The van der Waals surface area contributed by atoms with Crippen LogP contribution in [0, 0.1) is 12.7 Å². The fourth-order valence-corrected chi connectivity index (χ4v) is 3.68. The number of imidazole rings is 1. The molecular weight excluding hydrogens is 323 g/mol. The highest BCUT2D eigenvalue weighted by Crippen LogP contribution is 2.29. The summed E-state index contributed by atoms with van der Waals surface area (Å²) in [7, 11) is 0. The van der Waals surface area contributed by atoms with Crippen molar-refractivity contribution in [2.75, 3.05) is 0 Å². The molecule has 4 rings (SSSR count). The van der Waals surface area contributed by atoms with E-state index in [0.29, 0.717) is 11.1 Å². The molecule has 0 atom stereocenters. The highest BCUT2D eigenvalue weighted by Gasteiger charge is 2.11. The summed E-state index contributed by atoms with van der Waals surface area (Å²) in [5.41, 5.74) is 4.83. The molecule has 24 heavy (non-hydrogen) atoms. The summed E-state index contributed by atoms with van der Waals surface area (Å²) in [6.07, 6.45) is 3.89. The third-order valence-corrected chi connectivity index (χ3v) is 5.09. The first kappa shape index (κ1) is 15.1. The Labute approximate surface area is 142 Å². The zero-order valence-corrected chi connectivity index (χ0v) is 13.8. The van der Waals surface area contributed by atoms with E-state index < -0.39 is 5.82 Å². The van der Waals surface area contributed by atoms with Gasteiger partial charge in [-0.05, 0) is 53.3 Å². The van der Waals surface area contributed by atoms with Crippen LogP contribution in [0.25, 0.3) is 27.3 Å². The topological polar surface area (TPSA) is 37.5 Å². The molecule has 3 aromatic heterocycles. The molecule has 3 heterocycles. The summed E-state index contributed by atoms with van der Waals surface area (Å²) in [6.45, 7) is 1.73. The smallest absolute Gasteiger partial charge is 0.137 e. The van der Waals surface area contributed by atoms with Crippen molar-refractivity contribution in [1.82, 2.24) is 9.38 Å². The van der Waals surface area contributed by atoms with Gasteiger partial charge >= 0.3 is 0 Å². The quantitative estimate of drug-likeness (QED) is 0.589. The van der Waals surface area contributed by atoms with Crippen molar-refractivity contribution in [3.05, 3.63) is 71.1 Å². The lowest BCUT2D eigenvalue weighted by Gasteiger charge is -2.09. The molecule has 4 aromatic rings. The van der Waals surface area contributed by atoms with Crippen LogP contribution in [0.5, 0.6) is 0 Å². The van der Waals surface area contributed by atoms with Crippen molar-refractivity contribution in [2.24, 2.45) is 0 Å². The fourth-order valence-electron chi connectivity index (χ4n) is 2.83. The summed E-state index contributed by atoms with van der Waals surface area (Å²) in [5.74, 6) is -0.393. The lowest BCUT2D eigenvalue weighted by atomic mass is 10.0. The molecule has 1 aromatic carbocycles. The molecule has 0 saturated heterocycles. The molecule has 120 valence electrons. The fraction of sp³-hybridized carbons (Fsp3) is 0.105. The molecule has 1 N–H and O–H groups in total. The van der Waals surface area contributed by atoms with Gasteiger partial charge in [0.15, 0.2) is 0 Å². The van der Waals surface area contributed by atoms with Crippen molar-refractivity contribution in [3.63, 3.8) is 0 Å². The largest absolute Gasteiger partial charge is 0.392 e. The Bertz CT molecular complexity index is 1030. The molecule has 0 fully saturated rings. The van der Waals surface area contributed by atoms with E-state index in [4.69, 9.17) is 0 Å². The maximum atomic E-state index is 13.9. The van der Waals surface area contributed by atoms with Crippen LogP contribution in [0.4, 0.5) is 4.39 Å². The van der Waals surface area contributed by atoms with Crippen LogP contribution in [-0.2, 0) is 6.61 Å². The summed E-state index contributed by atoms with van der Waals surface area (Å²) >= 11 is 1.67. The van der Waals surface area contributed by atoms with Gasteiger partial charge in [-0.25, -0.2) is 9.37 Å². The number of nitrogens with zero attached hydrogens (tertiary/aromatic N) is 2. The molecule has 5 heteroatoms.